The van der Waals surface area contributed by atoms with E-state index in [0.29, 0.717) is 5.11 Å². The Morgan fingerprint density at radius 1 is 1.35 bits per heavy atom. The molecular weight excluding hydrogens is 336 g/mol. The number of benzene rings is 1. The van der Waals surface area contributed by atoms with E-state index in [-0.39, 0.29) is 0 Å². The van der Waals surface area contributed by atoms with Crippen LogP contribution in [0, 0.1) is 13.8 Å². The van der Waals surface area contributed by atoms with Crippen LogP contribution in [0.15, 0.2) is 39.9 Å². The van der Waals surface area contributed by atoms with Gasteiger partial charge in [-0.25, -0.2) is 0 Å². The Kier molecular flexibility index (Phi) is 4.92. The first-order valence-corrected chi connectivity index (χ1v) is 7.26. The number of anilines is 1. The smallest absolute Gasteiger partial charge is 0.191 e. The summed E-state index contributed by atoms with van der Waals surface area (Å²) in [5.41, 5.74) is 6.93. The molecule has 0 aliphatic heterocycles. The molecule has 6 heteroatoms. The molecule has 1 aromatic carbocycles. The minimum absolute atomic E-state index is 0.448. The second-order valence-electron chi connectivity index (χ2n) is 4.37. The van der Waals surface area contributed by atoms with Gasteiger partial charge in [-0.15, -0.1) is 0 Å². The van der Waals surface area contributed by atoms with Crippen LogP contribution in [0.1, 0.15) is 17.0 Å². The van der Waals surface area contributed by atoms with Gasteiger partial charge in [-0.05, 0) is 50.3 Å². The monoisotopic (exact) mass is 350 g/mol. The summed E-state index contributed by atoms with van der Waals surface area (Å²) < 4.78 is 0.993. The Bertz CT molecular complexity index is 648. The lowest BCUT2D eigenvalue weighted by atomic mass is 10.3. The Morgan fingerprint density at radius 2 is 2.15 bits per heavy atom. The van der Waals surface area contributed by atoms with E-state index >= 15 is 0 Å². The average Bonchev–Trinajstić information content (AvgIpc) is 2.68. The molecule has 0 aliphatic carbocycles. The van der Waals surface area contributed by atoms with Gasteiger partial charge < -0.3 is 10.3 Å². The Balaban J connectivity index is 1.91. The molecule has 1 aromatic heterocycles. The van der Waals surface area contributed by atoms with E-state index in [1.165, 1.54) is 0 Å². The van der Waals surface area contributed by atoms with Gasteiger partial charge in [0, 0.05) is 27.1 Å². The number of H-pyrrole nitrogens is 1. The van der Waals surface area contributed by atoms with Gasteiger partial charge in [0.1, 0.15) is 0 Å². The summed E-state index contributed by atoms with van der Waals surface area (Å²) in [5, 5.41) is 7.63. The lowest BCUT2D eigenvalue weighted by Gasteiger charge is -2.06. The molecular formula is C14H15BrN4S. The van der Waals surface area contributed by atoms with Gasteiger partial charge in [-0.3, -0.25) is 5.43 Å². The summed E-state index contributed by atoms with van der Waals surface area (Å²) >= 11 is 8.58. The molecule has 0 atom stereocenters. The predicted molar refractivity (Wildman–Crippen MR) is 91.4 cm³/mol. The van der Waals surface area contributed by atoms with E-state index in [1.54, 1.807) is 6.21 Å². The van der Waals surface area contributed by atoms with Gasteiger partial charge >= 0.3 is 0 Å². The van der Waals surface area contributed by atoms with Crippen LogP contribution in [0.2, 0.25) is 0 Å². The first kappa shape index (κ1) is 14.7. The van der Waals surface area contributed by atoms with Gasteiger partial charge in [0.25, 0.3) is 0 Å². The van der Waals surface area contributed by atoms with Gasteiger partial charge in [-0.2, -0.15) is 5.10 Å². The third-order valence-corrected chi connectivity index (χ3v) is 3.33. The third kappa shape index (κ3) is 4.18. The molecule has 0 aliphatic rings. The van der Waals surface area contributed by atoms with Crippen molar-refractivity contribution in [3.8, 4) is 0 Å². The summed E-state index contributed by atoms with van der Waals surface area (Å²) in [6.45, 7) is 4.02. The van der Waals surface area contributed by atoms with Gasteiger partial charge in [-0.1, -0.05) is 22.0 Å². The molecule has 0 saturated carbocycles. The number of thiocarbonyl (C=S) groups is 1. The maximum absolute atomic E-state index is 5.17. The normalized spacial score (nSPS) is 10.8. The predicted octanol–water partition coefficient (Wildman–Crippen LogP) is 3.71. The molecule has 3 N–H and O–H groups in total. The van der Waals surface area contributed by atoms with Crippen LogP contribution in [-0.4, -0.2) is 16.3 Å². The fourth-order valence-electron chi connectivity index (χ4n) is 1.77. The zero-order valence-electron chi connectivity index (χ0n) is 11.2. The molecule has 0 fully saturated rings. The lowest BCUT2D eigenvalue weighted by Crippen LogP contribution is -2.23. The molecule has 0 spiro atoms. The number of rotatable bonds is 3. The van der Waals surface area contributed by atoms with Crippen LogP contribution in [-0.2, 0) is 0 Å². The summed E-state index contributed by atoms with van der Waals surface area (Å²) in [6, 6.07) is 9.80. The minimum atomic E-state index is 0.448. The highest BCUT2D eigenvalue weighted by Crippen LogP contribution is 2.15. The standard InChI is InChI=1S/C14H15BrN4S/c1-9-6-11(10(2)17-9)8-16-19-14(20)18-13-5-3-4-12(15)7-13/h3-8,17H,1-2H3,(H2,18,19,20)/b16-8+. The summed E-state index contributed by atoms with van der Waals surface area (Å²) in [4.78, 5) is 3.22. The molecule has 0 saturated heterocycles. The van der Waals surface area contributed by atoms with Crippen molar-refractivity contribution in [1.82, 2.24) is 10.4 Å². The molecule has 1 heterocycles. The van der Waals surface area contributed by atoms with Crippen LogP contribution in [0.5, 0.6) is 0 Å². The lowest BCUT2D eigenvalue weighted by molar-refractivity contribution is 1.05. The Labute approximate surface area is 131 Å². The number of halogens is 1. The molecule has 0 amide bonds. The topological polar surface area (TPSA) is 52.2 Å². The molecule has 2 rings (SSSR count). The molecule has 2 aromatic rings. The van der Waals surface area contributed by atoms with Crippen molar-refractivity contribution in [2.24, 2.45) is 5.10 Å². The quantitative estimate of drug-likeness (QED) is 0.449. The van der Waals surface area contributed by atoms with Crippen LogP contribution in [0.4, 0.5) is 5.69 Å². The number of hydrogen-bond acceptors (Lipinski definition) is 2. The van der Waals surface area contributed by atoms with E-state index in [1.807, 2.05) is 44.2 Å². The average molecular weight is 351 g/mol. The van der Waals surface area contributed by atoms with Crippen molar-refractivity contribution in [2.75, 3.05) is 5.32 Å². The fraction of sp³-hybridized carbons (Fsp3) is 0.143. The van der Waals surface area contributed by atoms with E-state index < -0.39 is 0 Å². The van der Waals surface area contributed by atoms with E-state index in [2.05, 4.69) is 36.8 Å². The van der Waals surface area contributed by atoms with E-state index in [9.17, 15) is 0 Å². The largest absolute Gasteiger partial charge is 0.362 e. The summed E-state index contributed by atoms with van der Waals surface area (Å²) in [5.74, 6) is 0. The Morgan fingerprint density at radius 3 is 2.80 bits per heavy atom. The van der Waals surface area contributed by atoms with Crippen molar-refractivity contribution in [3.63, 3.8) is 0 Å². The first-order valence-electron chi connectivity index (χ1n) is 6.06. The molecule has 20 heavy (non-hydrogen) atoms. The van der Waals surface area contributed by atoms with Crippen molar-refractivity contribution < 1.29 is 0 Å². The van der Waals surface area contributed by atoms with Gasteiger partial charge in [0.2, 0.25) is 0 Å². The van der Waals surface area contributed by atoms with Crippen molar-refractivity contribution in [3.05, 3.63) is 51.8 Å². The van der Waals surface area contributed by atoms with Gasteiger partial charge in [0.05, 0.1) is 6.21 Å². The van der Waals surface area contributed by atoms with E-state index in [0.717, 1.165) is 27.1 Å². The highest BCUT2D eigenvalue weighted by Gasteiger charge is 1.99. The number of nitrogens with zero attached hydrogens (tertiary/aromatic N) is 1. The fourth-order valence-corrected chi connectivity index (χ4v) is 2.34. The number of hydrazone groups is 1. The van der Waals surface area contributed by atoms with Crippen LogP contribution in [0.3, 0.4) is 0 Å². The second-order valence-corrected chi connectivity index (χ2v) is 5.69. The van der Waals surface area contributed by atoms with Crippen LogP contribution < -0.4 is 10.7 Å². The van der Waals surface area contributed by atoms with Crippen molar-refractivity contribution in [1.29, 1.82) is 0 Å². The number of aromatic amines is 1. The number of nitrogens with one attached hydrogen (secondary N) is 3. The first-order chi connectivity index (χ1) is 9.54. The highest BCUT2D eigenvalue weighted by molar-refractivity contribution is 9.10. The van der Waals surface area contributed by atoms with Gasteiger partial charge in [0.15, 0.2) is 5.11 Å². The van der Waals surface area contributed by atoms with Crippen LogP contribution >= 0.6 is 28.1 Å². The molecule has 4 nitrogen and oxygen atoms in total. The third-order valence-electron chi connectivity index (χ3n) is 2.64. The maximum atomic E-state index is 5.17. The maximum Gasteiger partial charge on any atom is 0.191 e. The molecule has 0 unspecified atom stereocenters. The second kappa shape index (κ2) is 6.67. The van der Waals surface area contributed by atoms with Crippen molar-refractivity contribution >= 4 is 45.2 Å². The summed E-state index contributed by atoms with van der Waals surface area (Å²) in [7, 11) is 0. The van der Waals surface area contributed by atoms with Crippen LogP contribution in [0.25, 0.3) is 0 Å². The minimum Gasteiger partial charge on any atom is -0.362 e. The van der Waals surface area contributed by atoms with Crippen molar-refractivity contribution in [2.45, 2.75) is 13.8 Å². The number of aromatic nitrogens is 1. The number of aryl methyl sites for hydroxylation is 2. The zero-order chi connectivity index (χ0) is 14.5. The molecule has 104 valence electrons. The Hall–Kier alpha value is -1.66. The summed E-state index contributed by atoms with van der Waals surface area (Å²) in [6.07, 6.45) is 1.74. The molecule has 0 bridgehead atoms. The SMILES string of the molecule is Cc1cc(/C=N/NC(=S)Nc2cccc(Br)c2)c(C)[nH]1. The zero-order valence-corrected chi connectivity index (χ0v) is 13.6. The number of hydrogen-bond donors (Lipinski definition) is 3. The van der Waals surface area contributed by atoms with E-state index in [4.69, 9.17) is 12.2 Å². The molecule has 0 radical (unpaired) electrons. The highest BCUT2D eigenvalue weighted by atomic mass is 79.9.